The second-order valence-electron chi connectivity index (χ2n) is 6.55. The zero-order valence-corrected chi connectivity index (χ0v) is 15.9. The minimum absolute atomic E-state index is 0.532. The Hall–Kier alpha value is -2.27. The maximum Gasteiger partial charge on any atom is 0.191 e. The fourth-order valence-corrected chi connectivity index (χ4v) is 2.56. The smallest absolute Gasteiger partial charge is 0.191 e. The molecule has 0 aliphatic carbocycles. The number of guanidine groups is 1. The topological polar surface area (TPSA) is 44.6 Å². The van der Waals surface area contributed by atoms with Crippen molar-refractivity contribution in [1.82, 2.24) is 20.1 Å². The molecule has 0 aliphatic heterocycles. The van der Waals surface area contributed by atoms with Crippen molar-refractivity contribution in [1.29, 1.82) is 0 Å². The average Bonchev–Trinajstić information content (AvgIpc) is 3.12. The molecular weight excluding hydrogens is 310 g/mol. The van der Waals surface area contributed by atoms with E-state index in [1.807, 2.05) is 19.2 Å². The first-order chi connectivity index (χ1) is 12.1. The summed E-state index contributed by atoms with van der Waals surface area (Å²) < 4.78 is 2.15. The van der Waals surface area contributed by atoms with Gasteiger partial charge in [0.2, 0.25) is 0 Å². The first kappa shape index (κ1) is 19.1. The Labute approximate surface area is 151 Å². The molecule has 2 rings (SSSR count). The van der Waals surface area contributed by atoms with Crippen molar-refractivity contribution in [2.45, 2.75) is 39.5 Å². The lowest BCUT2D eigenvalue weighted by molar-refractivity contribution is 0.265. The number of aliphatic imine (C=N–C) groups is 1. The maximum atomic E-state index is 4.32. The van der Waals surface area contributed by atoms with Crippen molar-refractivity contribution in [2.24, 2.45) is 4.99 Å². The van der Waals surface area contributed by atoms with Gasteiger partial charge >= 0.3 is 0 Å². The molecule has 0 aliphatic rings. The predicted molar refractivity (Wildman–Crippen MR) is 106 cm³/mol. The van der Waals surface area contributed by atoms with Gasteiger partial charge in [0.1, 0.15) is 0 Å². The summed E-state index contributed by atoms with van der Waals surface area (Å²) in [5.74, 6) is 0.833. The fraction of sp³-hybridized carbons (Fsp3) is 0.450. The van der Waals surface area contributed by atoms with E-state index >= 15 is 0 Å². The Morgan fingerprint density at radius 1 is 1.08 bits per heavy atom. The second kappa shape index (κ2) is 9.89. The zero-order chi connectivity index (χ0) is 18.1. The van der Waals surface area contributed by atoms with Crippen molar-refractivity contribution in [3.05, 3.63) is 59.9 Å². The summed E-state index contributed by atoms with van der Waals surface area (Å²) >= 11 is 0. The quantitative estimate of drug-likeness (QED) is 0.573. The van der Waals surface area contributed by atoms with E-state index in [-0.39, 0.29) is 0 Å². The Bertz CT molecular complexity index is 646. The first-order valence-electron chi connectivity index (χ1n) is 8.92. The maximum absolute atomic E-state index is 4.32. The Kier molecular flexibility index (Phi) is 7.54. The highest BCUT2D eigenvalue weighted by Crippen LogP contribution is 2.12. The van der Waals surface area contributed by atoms with E-state index in [0.29, 0.717) is 6.04 Å². The molecule has 5 heteroatoms. The van der Waals surface area contributed by atoms with Crippen molar-refractivity contribution in [3.8, 4) is 0 Å². The molecule has 0 saturated heterocycles. The number of aromatic nitrogens is 1. The van der Waals surface area contributed by atoms with Crippen LogP contribution in [0.5, 0.6) is 0 Å². The third kappa shape index (κ3) is 6.27. The largest absolute Gasteiger partial charge is 0.355 e. The summed E-state index contributed by atoms with van der Waals surface area (Å²) in [6.45, 7) is 7.92. The molecule has 2 aromatic rings. The van der Waals surface area contributed by atoms with E-state index in [9.17, 15) is 0 Å². The van der Waals surface area contributed by atoms with Crippen LogP contribution >= 0.6 is 0 Å². The van der Waals surface area contributed by atoms with Crippen LogP contribution in [-0.4, -0.2) is 42.1 Å². The van der Waals surface area contributed by atoms with Crippen molar-refractivity contribution in [3.63, 3.8) is 0 Å². The number of benzene rings is 1. The van der Waals surface area contributed by atoms with Gasteiger partial charge < -0.3 is 15.2 Å². The Balaban J connectivity index is 1.86. The summed E-state index contributed by atoms with van der Waals surface area (Å²) in [7, 11) is 3.97. The lowest BCUT2D eigenvalue weighted by Gasteiger charge is -2.23. The van der Waals surface area contributed by atoms with Gasteiger partial charge in [-0.25, -0.2) is 0 Å². The highest BCUT2D eigenvalue weighted by Gasteiger charge is 2.08. The molecule has 136 valence electrons. The van der Waals surface area contributed by atoms with Crippen molar-refractivity contribution < 1.29 is 0 Å². The zero-order valence-electron chi connectivity index (χ0n) is 15.9. The molecule has 25 heavy (non-hydrogen) atoms. The van der Waals surface area contributed by atoms with Gasteiger partial charge in [0, 0.05) is 51.7 Å². The lowest BCUT2D eigenvalue weighted by atomic mass is 10.1. The summed E-state index contributed by atoms with van der Waals surface area (Å²) in [5, 5.41) is 6.78. The molecule has 2 N–H and O–H groups in total. The van der Waals surface area contributed by atoms with Gasteiger partial charge in [0.05, 0.1) is 0 Å². The molecule has 1 aromatic carbocycles. The van der Waals surface area contributed by atoms with Gasteiger partial charge in [-0.15, -0.1) is 0 Å². The molecule has 0 amide bonds. The molecule has 0 unspecified atom stereocenters. The van der Waals surface area contributed by atoms with E-state index in [0.717, 1.165) is 32.1 Å². The molecule has 1 aromatic heterocycles. The van der Waals surface area contributed by atoms with Crippen LogP contribution in [0.25, 0.3) is 0 Å². The fourth-order valence-electron chi connectivity index (χ4n) is 2.56. The summed E-state index contributed by atoms with van der Waals surface area (Å²) in [5.41, 5.74) is 2.66. The monoisotopic (exact) mass is 341 g/mol. The van der Waals surface area contributed by atoms with Gasteiger partial charge in [0.15, 0.2) is 5.96 Å². The molecular formula is C20H31N5. The standard InChI is InChI=1S/C20H31N5/c1-17(2)24(4)16-19-10-6-5-9-18(19)15-23-20(21-3)22-11-14-25-12-7-8-13-25/h5-10,12-13,17H,11,14-16H2,1-4H3,(H2,21,22,23). The van der Waals surface area contributed by atoms with Gasteiger partial charge in [-0.1, -0.05) is 24.3 Å². The van der Waals surface area contributed by atoms with Crippen LogP contribution in [0.2, 0.25) is 0 Å². The SMILES string of the molecule is CN=C(NCCn1cccc1)NCc1ccccc1CN(C)C(C)C. The molecule has 1 heterocycles. The van der Waals surface area contributed by atoms with Gasteiger partial charge in [-0.3, -0.25) is 9.89 Å². The normalized spacial score (nSPS) is 12.0. The molecule has 0 spiro atoms. The average molecular weight is 342 g/mol. The van der Waals surface area contributed by atoms with Crippen LogP contribution in [0, 0.1) is 0 Å². The third-order valence-corrected chi connectivity index (χ3v) is 4.42. The molecule has 0 fully saturated rings. The van der Waals surface area contributed by atoms with Crippen LogP contribution in [0.15, 0.2) is 53.8 Å². The van der Waals surface area contributed by atoms with Crippen LogP contribution in [0.3, 0.4) is 0 Å². The Morgan fingerprint density at radius 3 is 2.40 bits per heavy atom. The van der Waals surface area contributed by atoms with E-state index in [1.165, 1.54) is 11.1 Å². The van der Waals surface area contributed by atoms with Gasteiger partial charge in [-0.05, 0) is 44.2 Å². The molecule has 0 radical (unpaired) electrons. The van der Waals surface area contributed by atoms with E-state index in [4.69, 9.17) is 0 Å². The highest BCUT2D eigenvalue weighted by molar-refractivity contribution is 5.79. The van der Waals surface area contributed by atoms with Crippen molar-refractivity contribution >= 4 is 5.96 Å². The van der Waals surface area contributed by atoms with Gasteiger partial charge in [0.25, 0.3) is 0 Å². The summed E-state index contributed by atoms with van der Waals surface area (Å²) in [6.07, 6.45) is 4.14. The second-order valence-corrected chi connectivity index (χ2v) is 6.55. The minimum Gasteiger partial charge on any atom is -0.355 e. The lowest BCUT2D eigenvalue weighted by Crippen LogP contribution is -2.38. The van der Waals surface area contributed by atoms with E-state index in [2.05, 4.69) is 82.6 Å². The van der Waals surface area contributed by atoms with Crippen LogP contribution in [-0.2, 0) is 19.6 Å². The highest BCUT2D eigenvalue weighted by atomic mass is 15.2. The van der Waals surface area contributed by atoms with Gasteiger partial charge in [-0.2, -0.15) is 0 Å². The summed E-state index contributed by atoms with van der Waals surface area (Å²) in [4.78, 5) is 6.67. The number of hydrogen-bond donors (Lipinski definition) is 2. The number of rotatable bonds is 8. The first-order valence-corrected chi connectivity index (χ1v) is 8.92. The Morgan fingerprint density at radius 2 is 1.76 bits per heavy atom. The van der Waals surface area contributed by atoms with Crippen LogP contribution < -0.4 is 10.6 Å². The van der Waals surface area contributed by atoms with E-state index < -0.39 is 0 Å². The predicted octanol–water partition coefficient (Wildman–Crippen LogP) is 2.69. The number of nitrogens with zero attached hydrogens (tertiary/aromatic N) is 3. The molecule has 0 saturated carbocycles. The molecule has 5 nitrogen and oxygen atoms in total. The van der Waals surface area contributed by atoms with Crippen molar-refractivity contribution in [2.75, 3.05) is 20.6 Å². The molecule has 0 bridgehead atoms. The minimum atomic E-state index is 0.532. The number of hydrogen-bond acceptors (Lipinski definition) is 2. The number of nitrogens with one attached hydrogen (secondary N) is 2. The van der Waals surface area contributed by atoms with Crippen LogP contribution in [0.4, 0.5) is 0 Å². The van der Waals surface area contributed by atoms with Crippen LogP contribution in [0.1, 0.15) is 25.0 Å². The summed E-state index contributed by atoms with van der Waals surface area (Å²) in [6, 6.07) is 13.2. The third-order valence-electron chi connectivity index (χ3n) is 4.42. The van der Waals surface area contributed by atoms with E-state index in [1.54, 1.807) is 0 Å². The molecule has 0 atom stereocenters.